The maximum Gasteiger partial charge on any atom is 0.295 e. The molecule has 0 atom stereocenters. The average molecular weight is 402 g/mol. The molecule has 0 saturated heterocycles. The van der Waals surface area contributed by atoms with Crippen LogP contribution in [0.4, 0.5) is 10.1 Å². The van der Waals surface area contributed by atoms with Gasteiger partial charge in [-0.1, -0.05) is 24.3 Å². The first-order valence-electron chi connectivity index (χ1n) is 9.29. The van der Waals surface area contributed by atoms with Crippen LogP contribution in [0.5, 0.6) is 5.75 Å². The van der Waals surface area contributed by atoms with Gasteiger partial charge in [0.1, 0.15) is 11.6 Å². The van der Waals surface area contributed by atoms with Gasteiger partial charge in [0.2, 0.25) is 5.82 Å². The van der Waals surface area contributed by atoms with Crippen molar-refractivity contribution in [2.24, 2.45) is 0 Å². The Bertz CT molecular complexity index is 1200. The number of ether oxygens (including phenoxy) is 1. The van der Waals surface area contributed by atoms with Crippen molar-refractivity contribution in [2.75, 3.05) is 12.4 Å². The first-order valence-corrected chi connectivity index (χ1v) is 9.29. The average Bonchev–Trinajstić information content (AvgIpc) is 3.20. The van der Waals surface area contributed by atoms with E-state index < -0.39 is 5.91 Å². The molecule has 0 spiro atoms. The van der Waals surface area contributed by atoms with Gasteiger partial charge in [-0.25, -0.2) is 14.1 Å². The Kier molecular flexibility index (Phi) is 5.26. The fraction of sp³-hybridized carbons (Fsp3) is 0.0870. The topological polar surface area (TPSA) is 69.0 Å². The molecular weight excluding hydrogens is 383 g/mol. The van der Waals surface area contributed by atoms with Gasteiger partial charge in [-0.2, -0.15) is 0 Å². The van der Waals surface area contributed by atoms with Gasteiger partial charge in [-0.15, -0.1) is 5.10 Å². The Hall–Kier alpha value is -4.00. The number of rotatable bonds is 5. The van der Waals surface area contributed by atoms with Crippen LogP contribution < -0.4 is 10.1 Å². The summed E-state index contributed by atoms with van der Waals surface area (Å²) in [6.07, 6.45) is 0. The fourth-order valence-corrected chi connectivity index (χ4v) is 3.06. The number of methoxy groups -OCH3 is 1. The lowest BCUT2D eigenvalue weighted by molar-refractivity contribution is 0.101. The third-order valence-corrected chi connectivity index (χ3v) is 4.51. The second kappa shape index (κ2) is 8.16. The van der Waals surface area contributed by atoms with Crippen molar-refractivity contribution in [3.05, 3.63) is 90.0 Å². The summed E-state index contributed by atoms with van der Waals surface area (Å²) in [6, 6.07) is 20.7. The summed E-state index contributed by atoms with van der Waals surface area (Å²) in [4.78, 5) is 17.3. The Balaban J connectivity index is 1.76. The SMILES string of the molecule is COc1ccccc1NC(=O)c1nc(-c2ccc(F)cc2)n(-c2cccc(C)c2)n1. The molecule has 7 heteroatoms. The van der Waals surface area contributed by atoms with Crippen LogP contribution in [0.3, 0.4) is 0 Å². The van der Waals surface area contributed by atoms with Gasteiger partial charge in [0, 0.05) is 5.56 Å². The van der Waals surface area contributed by atoms with Gasteiger partial charge in [0.15, 0.2) is 5.82 Å². The first-order chi connectivity index (χ1) is 14.5. The second-order valence-electron chi connectivity index (χ2n) is 6.67. The number of para-hydroxylation sites is 2. The number of amides is 1. The van der Waals surface area contributed by atoms with Crippen molar-refractivity contribution in [1.29, 1.82) is 0 Å². The minimum Gasteiger partial charge on any atom is -0.495 e. The third kappa shape index (κ3) is 3.91. The standard InChI is InChI=1S/C23H19FN4O2/c1-15-6-5-7-18(14-15)28-22(16-10-12-17(24)13-11-16)26-21(27-28)23(29)25-19-8-3-4-9-20(19)30-2/h3-14H,1-2H3,(H,25,29). The van der Waals surface area contributed by atoms with Gasteiger partial charge in [-0.3, -0.25) is 4.79 Å². The van der Waals surface area contributed by atoms with Crippen molar-refractivity contribution >= 4 is 11.6 Å². The van der Waals surface area contributed by atoms with Crippen molar-refractivity contribution in [3.8, 4) is 22.8 Å². The molecule has 4 aromatic rings. The van der Waals surface area contributed by atoms with Crippen molar-refractivity contribution < 1.29 is 13.9 Å². The van der Waals surface area contributed by atoms with Gasteiger partial charge in [-0.05, 0) is 61.0 Å². The second-order valence-corrected chi connectivity index (χ2v) is 6.67. The molecule has 1 aromatic heterocycles. The van der Waals surface area contributed by atoms with Crippen molar-refractivity contribution in [1.82, 2.24) is 14.8 Å². The maximum atomic E-state index is 13.4. The van der Waals surface area contributed by atoms with E-state index in [1.807, 2.05) is 37.3 Å². The first kappa shape index (κ1) is 19.3. The molecule has 30 heavy (non-hydrogen) atoms. The number of benzene rings is 3. The highest BCUT2D eigenvalue weighted by atomic mass is 19.1. The lowest BCUT2D eigenvalue weighted by Crippen LogP contribution is -2.15. The molecule has 0 unspecified atom stereocenters. The number of carbonyl (C=O) groups is 1. The number of nitrogens with one attached hydrogen (secondary N) is 1. The molecule has 0 saturated carbocycles. The highest BCUT2D eigenvalue weighted by Gasteiger charge is 2.20. The van der Waals surface area contributed by atoms with E-state index in [1.54, 1.807) is 35.0 Å². The van der Waals surface area contributed by atoms with E-state index >= 15 is 0 Å². The summed E-state index contributed by atoms with van der Waals surface area (Å²) < 4.78 is 20.3. The largest absolute Gasteiger partial charge is 0.495 e. The van der Waals surface area contributed by atoms with Crippen LogP contribution in [-0.2, 0) is 0 Å². The summed E-state index contributed by atoms with van der Waals surface area (Å²) in [5, 5.41) is 7.21. The maximum absolute atomic E-state index is 13.4. The van der Waals surface area contributed by atoms with Gasteiger partial charge in [0.25, 0.3) is 5.91 Å². The molecule has 150 valence electrons. The Morgan fingerprint density at radius 3 is 2.53 bits per heavy atom. The van der Waals surface area contributed by atoms with Gasteiger partial charge < -0.3 is 10.1 Å². The van der Waals surface area contributed by atoms with Crippen LogP contribution in [0.25, 0.3) is 17.1 Å². The number of anilines is 1. The van der Waals surface area contributed by atoms with Crippen LogP contribution >= 0.6 is 0 Å². The van der Waals surface area contributed by atoms with E-state index in [0.29, 0.717) is 22.8 Å². The van der Waals surface area contributed by atoms with E-state index in [9.17, 15) is 9.18 Å². The van der Waals surface area contributed by atoms with E-state index in [2.05, 4.69) is 15.4 Å². The number of hydrogen-bond donors (Lipinski definition) is 1. The predicted molar refractivity (Wildman–Crippen MR) is 112 cm³/mol. The summed E-state index contributed by atoms with van der Waals surface area (Å²) in [6.45, 7) is 1.97. The summed E-state index contributed by atoms with van der Waals surface area (Å²) in [5.41, 5.74) is 2.94. The quantitative estimate of drug-likeness (QED) is 0.528. The zero-order valence-electron chi connectivity index (χ0n) is 16.5. The van der Waals surface area contributed by atoms with E-state index in [0.717, 1.165) is 11.3 Å². The van der Waals surface area contributed by atoms with E-state index in [-0.39, 0.29) is 11.6 Å². The minimum atomic E-state index is -0.478. The molecule has 4 rings (SSSR count). The Morgan fingerprint density at radius 1 is 1.03 bits per heavy atom. The third-order valence-electron chi connectivity index (χ3n) is 4.51. The van der Waals surface area contributed by atoms with Crippen LogP contribution in [-0.4, -0.2) is 27.8 Å². The summed E-state index contributed by atoms with van der Waals surface area (Å²) in [5.74, 6) is 0.124. The highest BCUT2D eigenvalue weighted by Crippen LogP contribution is 2.25. The molecule has 0 radical (unpaired) electrons. The zero-order chi connectivity index (χ0) is 21.1. The molecule has 1 heterocycles. The number of carbonyl (C=O) groups excluding carboxylic acids is 1. The number of halogens is 1. The van der Waals surface area contributed by atoms with Crippen molar-refractivity contribution in [3.63, 3.8) is 0 Å². The lowest BCUT2D eigenvalue weighted by Gasteiger charge is -2.08. The normalized spacial score (nSPS) is 10.6. The molecule has 6 nitrogen and oxygen atoms in total. The van der Waals surface area contributed by atoms with Gasteiger partial charge >= 0.3 is 0 Å². The minimum absolute atomic E-state index is 0.0123. The zero-order valence-corrected chi connectivity index (χ0v) is 16.5. The molecule has 0 bridgehead atoms. The fourth-order valence-electron chi connectivity index (χ4n) is 3.06. The molecule has 0 aliphatic carbocycles. The Labute approximate surface area is 173 Å². The summed E-state index contributed by atoms with van der Waals surface area (Å²) >= 11 is 0. The van der Waals surface area contributed by atoms with Crippen LogP contribution in [0, 0.1) is 12.7 Å². The van der Waals surface area contributed by atoms with Crippen molar-refractivity contribution in [2.45, 2.75) is 6.92 Å². The number of aryl methyl sites for hydroxylation is 1. The predicted octanol–water partition coefficient (Wildman–Crippen LogP) is 4.64. The monoisotopic (exact) mass is 402 g/mol. The highest BCUT2D eigenvalue weighted by molar-refractivity contribution is 6.02. The molecule has 0 aliphatic rings. The van der Waals surface area contributed by atoms with E-state index in [1.165, 1.54) is 19.2 Å². The lowest BCUT2D eigenvalue weighted by atomic mass is 10.2. The van der Waals surface area contributed by atoms with Gasteiger partial charge in [0.05, 0.1) is 18.5 Å². The smallest absolute Gasteiger partial charge is 0.295 e. The Morgan fingerprint density at radius 2 is 1.80 bits per heavy atom. The van der Waals surface area contributed by atoms with E-state index in [4.69, 9.17) is 4.74 Å². The molecule has 3 aromatic carbocycles. The van der Waals surface area contributed by atoms with Crippen LogP contribution in [0.1, 0.15) is 16.2 Å². The molecule has 0 fully saturated rings. The molecular formula is C23H19FN4O2. The summed E-state index contributed by atoms with van der Waals surface area (Å²) in [7, 11) is 1.53. The number of nitrogens with zero attached hydrogens (tertiary/aromatic N) is 3. The molecule has 0 aliphatic heterocycles. The van der Waals surface area contributed by atoms with Crippen LogP contribution in [0.2, 0.25) is 0 Å². The molecule has 1 N–H and O–H groups in total. The number of hydrogen-bond acceptors (Lipinski definition) is 4. The molecule has 1 amide bonds. The van der Waals surface area contributed by atoms with Crippen LogP contribution in [0.15, 0.2) is 72.8 Å². The number of aromatic nitrogens is 3.